The Hall–Kier alpha value is -3.51. The minimum Gasteiger partial charge on any atom is -0.508 e. The summed E-state index contributed by atoms with van der Waals surface area (Å²) in [5.41, 5.74) is 1.20. The van der Waals surface area contributed by atoms with E-state index in [1.165, 1.54) is 44.2 Å². The van der Waals surface area contributed by atoms with Crippen molar-refractivity contribution in [3.05, 3.63) is 59.1 Å². The van der Waals surface area contributed by atoms with Crippen LogP contribution in [0.3, 0.4) is 0 Å². The van der Waals surface area contributed by atoms with E-state index in [0.29, 0.717) is 35.4 Å². The predicted octanol–water partition coefficient (Wildman–Crippen LogP) is 5.02. The van der Waals surface area contributed by atoms with Crippen LogP contribution in [0.15, 0.2) is 48.5 Å². The highest BCUT2D eigenvalue weighted by Gasteiger charge is 2.38. The quantitative estimate of drug-likeness (QED) is 0.392. The Morgan fingerprint density at radius 1 is 0.900 bits per heavy atom. The molecule has 1 atom stereocenters. The molecule has 2 aromatic carbocycles. The maximum Gasteiger partial charge on any atom is 0.490 e. The summed E-state index contributed by atoms with van der Waals surface area (Å²) in [5.74, 6) is -2.79. The van der Waals surface area contributed by atoms with Crippen molar-refractivity contribution < 1.29 is 37.8 Å². The first kappa shape index (κ1) is 31.0. The van der Waals surface area contributed by atoms with Crippen molar-refractivity contribution in [2.24, 2.45) is 0 Å². The number of aromatic hydroxyl groups is 1. The highest BCUT2D eigenvalue weighted by molar-refractivity contribution is 6.30. The van der Waals surface area contributed by atoms with E-state index >= 15 is 0 Å². The molecule has 1 aliphatic carbocycles. The number of carbonyl (C=O) groups is 3. The SMILES string of the molecule is O=C(Nc1ccc(Cl)cc1)N[C@@H](C(=O)N1CCN(C2CCCCC2)CC1)c1ccc(O)cc1.O=C(O)C(F)(F)F. The van der Waals surface area contributed by atoms with Crippen molar-refractivity contribution in [3.8, 4) is 5.75 Å². The lowest BCUT2D eigenvalue weighted by molar-refractivity contribution is -0.192. The molecule has 0 aromatic heterocycles. The van der Waals surface area contributed by atoms with Gasteiger partial charge in [-0.15, -0.1) is 0 Å². The third-order valence-corrected chi connectivity index (χ3v) is 7.06. The molecule has 1 aliphatic heterocycles. The number of phenols is 1. The minimum absolute atomic E-state index is 0.108. The molecule has 0 bridgehead atoms. The lowest BCUT2D eigenvalue weighted by Gasteiger charge is -2.41. The number of hydrogen-bond acceptors (Lipinski definition) is 5. The second kappa shape index (κ2) is 14.2. The van der Waals surface area contributed by atoms with E-state index in [-0.39, 0.29) is 11.7 Å². The van der Waals surface area contributed by atoms with Crippen LogP contribution in [0.5, 0.6) is 5.75 Å². The Kier molecular flexibility index (Phi) is 11.0. The number of nitrogens with zero attached hydrogens (tertiary/aromatic N) is 2. The Morgan fingerprint density at radius 2 is 1.45 bits per heavy atom. The average Bonchev–Trinajstić information content (AvgIpc) is 2.94. The molecule has 13 heteroatoms. The molecule has 2 aromatic rings. The Balaban J connectivity index is 0.000000559. The first-order valence-electron chi connectivity index (χ1n) is 12.9. The number of aliphatic carboxylic acids is 1. The average molecular weight is 585 g/mol. The summed E-state index contributed by atoms with van der Waals surface area (Å²) in [6.07, 6.45) is 1.32. The number of urea groups is 1. The van der Waals surface area contributed by atoms with Crippen molar-refractivity contribution in [1.29, 1.82) is 0 Å². The molecule has 9 nitrogen and oxygen atoms in total. The molecule has 2 aliphatic rings. The first-order chi connectivity index (χ1) is 18.9. The van der Waals surface area contributed by atoms with Crippen LogP contribution in [0.2, 0.25) is 5.02 Å². The molecule has 1 saturated heterocycles. The van der Waals surface area contributed by atoms with Gasteiger partial charge in [0.25, 0.3) is 0 Å². The van der Waals surface area contributed by atoms with Gasteiger partial charge < -0.3 is 25.7 Å². The maximum absolute atomic E-state index is 13.5. The largest absolute Gasteiger partial charge is 0.508 e. The van der Waals surface area contributed by atoms with Crippen LogP contribution in [-0.2, 0) is 9.59 Å². The Labute approximate surface area is 234 Å². The fourth-order valence-corrected chi connectivity index (χ4v) is 4.85. The summed E-state index contributed by atoms with van der Waals surface area (Å²) in [4.78, 5) is 39.4. The summed E-state index contributed by atoms with van der Waals surface area (Å²) in [7, 11) is 0. The van der Waals surface area contributed by atoms with Crippen molar-refractivity contribution in [3.63, 3.8) is 0 Å². The molecule has 1 heterocycles. The minimum atomic E-state index is -5.08. The monoisotopic (exact) mass is 584 g/mol. The smallest absolute Gasteiger partial charge is 0.490 e. The van der Waals surface area contributed by atoms with Gasteiger partial charge in [0.2, 0.25) is 5.91 Å². The van der Waals surface area contributed by atoms with E-state index in [4.69, 9.17) is 21.5 Å². The van der Waals surface area contributed by atoms with Crippen molar-refractivity contribution >= 4 is 35.2 Å². The number of piperazine rings is 1. The van der Waals surface area contributed by atoms with Gasteiger partial charge in [-0.1, -0.05) is 43.0 Å². The number of benzene rings is 2. The van der Waals surface area contributed by atoms with Crippen LogP contribution in [0.1, 0.15) is 43.7 Å². The van der Waals surface area contributed by atoms with Crippen LogP contribution in [0.25, 0.3) is 0 Å². The van der Waals surface area contributed by atoms with Gasteiger partial charge in [-0.25, -0.2) is 9.59 Å². The zero-order chi connectivity index (χ0) is 29.3. The fourth-order valence-electron chi connectivity index (χ4n) is 4.72. The number of carboxylic acid groups (broad SMARTS) is 1. The summed E-state index contributed by atoms with van der Waals surface area (Å²) in [5, 5.41) is 22.9. The molecule has 4 rings (SSSR count). The predicted molar refractivity (Wildman–Crippen MR) is 143 cm³/mol. The lowest BCUT2D eigenvalue weighted by Crippen LogP contribution is -2.54. The second-order valence-corrected chi connectivity index (χ2v) is 10.0. The van der Waals surface area contributed by atoms with Crippen LogP contribution in [-0.4, -0.2) is 76.3 Å². The van der Waals surface area contributed by atoms with Gasteiger partial charge in [0.1, 0.15) is 11.8 Å². The topological polar surface area (TPSA) is 122 Å². The van der Waals surface area contributed by atoms with Crippen LogP contribution in [0, 0.1) is 0 Å². The van der Waals surface area contributed by atoms with Gasteiger partial charge in [-0.3, -0.25) is 9.69 Å². The molecular formula is C27H32ClF3N4O5. The van der Waals surface area contributed by atoms with Gasteiger partial charge >= 0.3 is 18.2 Å². The van der Waals surface area contributed by atoms with E-state index in [1.807, 2.05) is 4.90 Å². The molecule has 2 fully saturated rings. The van der Waals surface area contributed by atoms with E-state index < -0.39 is 24.2 Å². The lowest BCUT2D eigenvalue weighted by atomic mass is 9.93. The molecule has 1 saturated carbocycles. The van der Waals surface area contributed by atoms with Gasteiger partial charge in [0.15, 0.2) is 0 Å². The molecule has 3 amide bonds. The number of carboxylic acids is 1. The van der Waals surface area contributed by atoms with Gasteiger partial charge in [-0.05, 0) is 54.8 Å². The van der Waals surface area contributed by atoms with Crippen LogP contribution < -0.4 is 10.6 Å². The highest BCUT2D eigenvalue weighted by atomic mass is 35.5. The number of phenolic OH excluding ortho intramolecular Hbond substituents is 1. The molecule has 0 radical (unpaired) electrons. The third kappa shape index (κ3) is 9.30. The van der Waals surface area contributed by atoms with Crippen LogP contribution in [0.4, 0.5) is 23.7 Å². The number of alkyl halides is 3. The number of carbonyl (C=O) groups excluding carboxylic acids is 2. The molecule has 4 N–H and O–H groups in total. The van der Waals surface area contributed by atoms with Crippen LogP contribution >= 0.6 is 11.6 Å². The van der Waals surface area contributed by atoms with Crippen molar-refractivity contribution in [1.82, 2.24) is 15.1 Å². The van der Waals surface area contributed by atoms with E-state index in [2.05, 4.69) is 15.5 Å². The number of halogens is 4. The van der Waals surface area contributed by atoms with Crippen molar-refractivity contribution in [2.45, 2.75) is 50.4 Å². The highest BCUT2D eigenvalue weighted by Crippen LogP contribution is 2.25. The number of anilines is 1. The Bertz CT molecular complexity index is 1130. The van der Waals surface area contributed by atoms with Crippen molar-refractivity contribution in [2.75, 3.05) is 31.5 Å². The summed E-state index contributed by atoms with van der Waals surface area (Å²) >= 11 is 5.91. The van der Waals surface area contributed by atoms with Gasteiger partial charge in [0.05, 0.1) is 0 Å². The third-order valence-electron chi connectivity index (χ3n) is 6.81. The summed E-state index contributed by atoms with van der Waals surface area (Å²) < 4.78 is 31.7. The van der Waals surface area contributed by atoms with E-state index in [0.717, 1.165) is 13.1 Å². The normalized spacial score (nSPS) is 17.2. The molecule has 0 unspecified atom stereocenters. The molecular weight excluding hydrogens is 553 g/mol. The number of rotatable bonds is 5. The maximum atomic E-state index is 13.5. The zero-order valence-electron chi connectivity index (χ0n) is 21.7. The van der Waals surface area contributed by atoms with E-state index in [9.17, 15) is 27.9 Å². The number of nitrogens with one attached hydrogen (secondary N) is 2. The standard InChI is InChI=1S/C25H31ClN4O3.C2HF3O2/c26-19-8-10-20(11-9-19)27-25(33)28-23(18-6-12-22(31)13-7-18)24(32)30-16-14-29(15-17-30)21-4-2-1-3-5-21;3-2(4,5)1(6)7/h6-13,21,23,31H,1-5,14-17H2,(H2,27,28,33);(H,6,7)/t23-;/m1./s1. The Morgan fingerprint density at radius 3 is 1.98 bits per heavy atom. The fraction of sp³-hybridized carbons (Fsp3) is 0.444. The first-order valence-corrected chi connectivity index (χ1v) is 13.3. The van der Waals surface area contributed by atoms with Gasteiger partial charge in [0, 0.05) is 42.9 Å². The summed E-state index contributed by atoms with van der Waals surface area (Å²) in [6, 6.07) is 12.4. The molecule has 0 spiro atoms. The zero-order valence-corrected chi connectivity index (χ0v) is 22.4. The second-order valence-electron chi connectivity index (χ2n) is 9.59. The molecule has 218 valence electrons. The molecule has 40 heavy (non-hydrogen) atoms. The number of amides is 3. The van der Waals surface area contributed by atoms with Gasteiger partial charge in [-0.2, -0.15) is 13.2 Å². The number of hydrogen-bond donors (Lipinski definition) is 4. The summed E-state index contributed by atoms with van der Waals surface area (Å²) in [6.45, 7) is 3.00. The van der Waals surface area contributed by atoms with E-state index in [1.54, 1.807) is 36.4 Å².